The molecule has 0 saturated carbocycles. The van der Waals surface area contributed by atoms with Crippen molar-refractivity contribution < 1.29 is 4.79 Å². The minimum absolute atomic E-state index is 0.146. The molecule has 2 heterocycles. The van der Waals surface area contributed by atoms with E-state index >= 15 is 0 Å². The summed E-state index contributed by atoms with van der Waals surface area (Å²) in [6, 6.07) is 23.1. The highest BCUT2D eigenvalue weighted by Crippen LogP contribution is 2.21. The number of nitrogens with zero attached hydrogens (tertiary/aromatic N) is 2. The minimum atomic E-state index is -0.146. The SMILES string of the molecule is O=C(NCc1ccccc1)c1cc(N/N=C/c2cccs2)nc2ccccc12. The second-order valence-corrected chi connectivity index (χ2v) is 7.11. The maximum atomic E-state index is 12.8. The van der Waals surface area contributed by atoms with Crippen LogP contribution in [0.4, 0.5) is 5.82 Å². The van der Waals surface area contributed by atoms with Crippen molar-refractivity contribution in [2.24, 2.45) is 5.10 Å². The first-order chi connectivity index (χ1) is 13.8. The Hall–Kier alpha value is -3.51. The number of hydrogen-bond acceptors (Lipinski definition) is 5. The zero-order valence-electron chi connectivity index (χ0n) is 15.0. The van der Waals surface area contributed by atoms with E-state index in [4.69, 9.17) is 0 Å². The number of carbonyl (C=O) groups excluding carboxylic acids is 1. The second kappa shape index (κ2) is 8.45. The Balaban J connectivity index is 1.57. The number of thiophene rings is 1. The molecule has 0 aliphatic heterocycles. The van der Waals surface area contributed by atoms with Gasteiger partial charge in [0.15, 0.2) is 0 Å². The van der Waals surface area contributed by atoms with Gasteiger partial charge in [-0.05, 0) is 29.1 Å². The molecule has 0 aliphatic carbocycles. The van der Waals surface area contributed by atoms with Crippen molar-refractivity contribution in [1.82, 2.24) is 10.3 Å². The quantitative estimate of drug-likeness (QED) is 0.374. The van der Waals surface area contributed by atoms with Crippen LogP contribution in [0.5, 0.6) is 0 Å². The van der Waals surface area contributed by atoms with Crippen LogP contribution in [0.15, 0.2) is 83.3 Å². The smallest absolute Gasteiger partial charge is 0.252 e. The number of nitrogens with one attached hydrogen (secondary N) is 2. The van der Waals surface area contributed by atoms with Crippen molar-refractivity contribution in [2.45, 2.75) is 6.54 Å². The Morgan fingerprint density at radius 1 is 1.04 bits per heavy atom. The third kappa shape index (κ3) is 4.24. The van der Waals surface area contributed by atoms with Crippen LogP contribution in [0.2, 0.25) is 0 Å². The van der Waals surface area contributed by atoms with E-state index in [-0.39, 0.29) is 5.91 Å². The van der Waals surface area contributed by atoms with Gasteiger partial charge in [0.1, 0.15) is 5.82 Å². The van der Waals surface area contributed by atoms with Crippen LogP contribution in [-0.2, 0) is 6.54 Å². The molecule has 2 aromatic heterocycles. The number of anilines is 1. The number of carbonyl (C=O) groups is 1. The van der Waals surface area contributed by atoms with Crippen molar-refractivity contribution in [3.63, 3.8) is 0 Å². The molecule has 1 amide bonds. The molecule has 0 fully saturated rings. The van der Waals surface area contributed by atoms with E-state index in [1.807, 2.05) is 72.1 Å². The molecule has 0 atom stereocenters. The lowest BCUT2D eigenvalue weighted by molar-refractivity contribution is 0.0952. The van der Waals surface area contributed by atoms with Gasteiger partial charge in [-0.15, -0.1) is 11.3 Å². The van der Waals surface area contributed by atoms with E-state index in [2.05, 4.69) is 20.8 Å². The van der Waals surface area contributed by atoms with Crippen molar-refractivity contribution in [3.05, 3.63) is 94.2 Å². The first-order valence-corrected chi connectivity index (χ1v) is 9.72. The first kappa shape index (κ1) is 17.9. The molecule has 4 rings (SSSR count). The summed E-state index contributed by atoms with van der Waals surface area (Å²) in [6.07, 6.45) is 1.73. The Bertz CT molecular complexity index is 1110. The van der Waals surface area contributed by atoms with Gasteiger partial charge in [0.05, 0.1) is 17.3 Å². The molecule has 0 saturated heterocycles. The molecule has 6 heteroatoms. The van der Waals surface area contributed by atoms with Gasteiger partial charge in [-0.3, -0.25) is 10.2 Å². The normalized spacial score (nSPS) is 11.0. The van der Waals surface area contributed by atoms with Crippen molar-refractivity contribution in [1.29, 1.82) is 0 Å². The summed E-state index contributed by atoms with van der Waals surface area (Å²) in [4.78, 5) is 18.4. The van der Waals surface area contributed by atoms with E-state index in [0.717, 1.165) is 21.3 Å². The zero-order chi connectivity index (χ0) is 19.2. The molecular weight excluding hydrogens is 368 g/mol. The summed E-state index contributed by atoms with van der Waals surface area (Å²) in [5, 5.41) is 10.0. The zero-order valence-corrected chi connectivity index (χ0v) is 15.8. The van der Waals surface area contributed by atoms with Crippen LogP contribution >= 0.6 is 11.3 Å². The Kier molecular flexibility index (Phi) is 5.40. The highest BCUT2D eigenvalue weighted by molar-refractivity contribution is 7.11. The fourth-order valence-electron chi connectivity index (χ4n) is 2.82. The third-order valence-electron chi connectivity index (χ3n) is 4.17. The average molecular weight is 386 g/mol. The largest absolute Gasteiger partial charge is 0.348 e. The van der Waals surface area contributed by atoms with E-state index < -0.39 is 0 Å². The molecular formula is C22H18N4OS. The molecule has 4 aromatic rings. The number of benzene rings is 2. The Labute approximate surface area is 166 Å². The van der Waals surface area contributed by atoms with Gasteiger partial charge in [-0.2, -0.15) is 5.10 Å². The van der Waals surface area contributed by atoms with Crippen molar-refractivity contribution in [3.8, 4) is 0 Å². The number of aromatic nitrogens is 1. The molecule has 0 radical (unpaired) electrons. The van der Waals surface area contributed by atoms with Crippen LogP contribution in [0.25, 0.3) is 10.9 Å². The fraction of sp³-hybridized carbons (Fsp3) is 0.0455. The fourth-order valence-corrected chi connectivity index (χ4v) is 3.41. The predicted octanol–water partition coefficient (Wildman–Crippen LogP) is 4.67. The number of para-hydroxylation sites is 1. The van der Waals surface area contributed by atoms with Crippen LogP contribution in [-0.4, -0.2) is 17.1 Å². The molecule has 28 heavy (non-hydrogen) atoms. The second-order valence-electron chi connectivity index (χ2n) is 6.13. The lowest BCUT2D eigenvalue weighted by Gasteiger charge is -2.10. The highest BCUT2D eigenvalue weighted by atomic mass is 32.1. The van der Waals surface area contributed by atoms with E-state index in [0.29, 0.717) is 17.9 Å². The van der Waals surface area contributed by atoms with Gasteiger partial charge in [0.25, 0.3) is 5.91 Å². The summed E-state index contributed by atoms with van der Waals surface area (Å²) in [7, 11) is 0. The Morgan fingerprint density at radius 3 is 2.68 bits per heavy atom. The van der Waals surface area contributed by atoms with Gasteiger partial charge < -0.3 is 5.32 Å². The standard InChI is InChI=1S/C22H18N4OS/c27-22(23-14-16-7-2-1-3-8-16)19-13-21(25-20-11-5-4-10-18(19)20)26-24-15-17-9-6-12-28-17/h1-13,15H,14H2,(H,23,27)(H,25,26)/b24-15+. The maximum absolute atomic E-state index is 12.8. The van der Waals surface area contributed by atoms with Crippen LogP contribution in [0.1, 0.15) is 20.8 Å². The number of amides is 1. The van der Waals surface area contributed by atoms with E-state index in [1.54, 1.807) is 23.6 Å². The van der Waals surface area contributed by atoms with Crippen molar-refractivity contribution >= 4 is 40.2 Å². The van der Waals surface area contributed by atoms with Gasteiger partial charge in [0.2, 0.25) is 0 Å². The van der Waals surface area contributed by atoms with E-state index in [9.17, 15) is 4.79 Å². The van der Waals surface area contributed by atoms with Gasteiger partial charge >= 0.3 is 0 Å². The topological polar surface area (TPSA) is 66.4 Å². The highest BCUT2D eigenvalue weighted by Gasteiger charge is 2.12. The molecule has 0 spiro atoms. The minimum Gasteiger partial charge on any atom is -0.348 e. The molecule has 2 aromatic carbocycles. The first-order valence-electron chi connectivity index (χ1n) is 8.84. The number of hydrazone groups is 1. The van der Waals surface area contributed by atoms with Gasteiger partial charge in [-0.1, -0.05) is 54.6 Å². The van der Waals surface area contributed by atoms with Gasteiger partial charge in [-0.25, -0.2) is 4.98 Å². The lowest BCUT2D eigenvalue weighted by Crippen LogP contribution is -2.23. The van der Waals surface area contributed by atoms with Crippen LogP contribution in [0.3, 0.4) is 0 Å². The van der Waals surface area contributed by atoms with Gasteiger partial charge in [0, 0.05) is 16.8 Å². The molecule has 0 unspecified atom stereocenters. The number of hydrogen-bond donors (Lipinski definition) is 2. The maximum Gasteiger partial charge on any atom is 0.252 e. The summed E-state index contributed by atoms with van der Waals surface area (Å²) in [5.41, 5.74) is 5.28. The predicted molar refractivity (Wildman–Crippen MR) is 115 cm³/mol. The number of fused-ring (bicyclic) bond motifs is 1. The number of rotatable bonds is 6. The number of pyridine rings is 1. The molecule has 138 valence electrons. The monoisotopic (exact) mass is 386 g/mol. The summed E-state index contributed by atoms with van der Waals surface area (Å²) in [6.45, 7) is 0.468. The molecule has 5 nitrogen and oxygen atoms in total. The van der Waals surface area contributed by atoms with Crippen LogP contribution < -0.4 is 10.7 Å². The average Bonchev–Trinajstić information content (AvgIpc) is 3.26. The molecule has 0 bridgehead atoms. The molecule has 2 N–H and O–H groups in total. The van der Waals surface area contributed by atoms with Crippen LogP contribution in [0, 0.1) is 0 Å². The van der Waals surface area contributed by atoms with E-state index in [1.165, 1.54) is 0 Å². The Morgan fingerprint density at radius 2 is 1.86 bits per heavy atom. The van der Waals surface area contributed by atoms with Crippen molar-refractivity contribution in [2.75, 3.05) is 5.43 Å². The summed E-state index contributed by atoms with van der Waals surface area (Å²) >= 11 is 1.60. The third-order valence-corrected chi connectivity index (χ3v) is 4.98. The molecule has 0 aliphatic rings. The summed E-state index contributed by atoms with van der Waals surface area (Å²) < 4.78 is 0. The summed E-state index contributed by atoms with van der Waals surface area (Å²) in [5.74, 6) is 0.379. The lowest BCUT2D eigenvalue weighted by atomic mass is 10.1.